The van der Waals surface area contributed by atoms with Crippen molar-refractivity contribution in [3.05, 3.63) is 119 Å². The molecule has 4 heteroatoms. The van der Waals surface area contributed by atoms with Gasteiger partial charge in [-0.3, -0.25) is 9.59 Å². The van der Waals surface area contributed by atoms with E-state index in [0.29, 0.717) is 22.6 Å². The summed E-state index contributed by atoms with van der Waals surface area (Å²) < 4.78 is 11.8. The van der Waals surface area contributed by atoms with E-state index in [1.54, 1.807) is 48.5 Å². The fourth-order valence-electron chi connectivity index (χ4n) is 3.55. The third-order valence-electron chi connectivity index (χ3n) is 5.66. The Kier molecular flexibility index (Phi) is 6.36. The SMILES string of the molecule is CC(C)(c1ccc(Oc2ccc(C=O)cc2)cc1)c1ccc(Oc2ccc(C=O)cc2)cc1. The molecule has 0 saturated carbocycles. The molecule has 0 bridgehead atoms. The predicted molar refractivity (Wildman–Crippen MR) is 129 cm³/mol. The van der Waals surface area contributed by atoms with Gasteiger partial charge in [-0.1, -0.05) is 38.1 Å². The smallest absolute Gasteiger partial charge is 0.150 e. The van der Waals surface area contributed by atoms with E-state index in [9.17, 15) is 9.59 Å². The quantitative estimate of drug-likeness (QED) is 0.274. The average Bonchev–Trinajstić information content (AvgIpc) is 2.86. The number of ether oxygens (including phenoxy) is 2. The molecule has 4 nitrogen and oxygen atoms in total. The molecule has 33 heavy (non-hydrogen) atoms. The number of benzene rings is 4. The summed E-state index contributed by atoms with van der Waals surface area (Å²) in [6.07, 6.45) is 1.62. The van der Waals surface area contributed by atoms with Gasteiger partial charge in [-0.25, -0.2) is 0 Å². The Labute approximate surface area is 193 Å². The zero-order valence-corrected chi connectivity index (χ0v) is 18.5. The van der Waals surface area contributed by atoms with Crippen molar-refractivity contribution in [3.63, 3.8) is 0 Å². The molecule has 0 saturated heterocycles. The minimum atomic E-state index is -0.214. The molecule has 0 N–H and O–H groups in total. The zero-order chi connectivity index (χ0) is 23.3. The van der Waals surface area contributed by atoms with Gasteiger partial charge in [0.2, 0.25) is 0 Å². The molecule has 0 aromatic heterocycles. The maximum atomic E-state index is 10.8. The molecular weight excluding hydrogens is 412 g/mol. The van der Waals surface area contributed by atoms with Crippen molar-refractivity contribution in [2.24, 2.45) is 0 Å². The fraction of sp³-hybridized carbons (Fsp3) is 0.103. The summed E-state index contributed by atoms with van der Waals surface area (Å²) in [5.74, 6) is 2.84. The van der Waals surface area contributed by atoms with Crippen LogP contribution in [-0.2, 0) is 5.41 Å². The Bertz CT molecular complexity index is 1120. The second-order valence-corrected chi connectivity index (χ2v) is 8.25. The lowest BCUT2D eigenvalue weighted by Crippen LogP contribution is -2.18. The molecule has 0 unspecified atom stereocenters. The van der Waals surface area contributed by atoms with Crippen LogP contribution in [0.15, 0.2) is 97.1 Å². The maximum Gasteiger partial charge on any atom is 0.150 e. The van der Waals surface area contributed by atoms with Crippen molar-refractivity contribution in [2.45, 2.75) is 19.3 Å². The van der Waals surface area contributed by atoms with E-state index in [-0.39, 0.29) is 5.41 Å². The standard InChI is InChI=1S/C29H24O4/c1-29(2,23-7-15-27(16-8-23)32-25-11-3-21(19-30)4-12-25)24-9-17-28(18-10-24)33-26-13-5-22(20-31)6-14-26/h3-20H,1-2H3. The molecule has 4 rings (SSSR count). The largest absolute Gasteiger partial charge is 0.457 e. The van der Waals surface area contributed by atoms with Crippen LogP contribution in [0.3, 0.4) is 0 Å². The number of hydrogen-bond donors (Lipinski definition) is 0. The summed E-state index contributed by atoms with van der Waals surface area (Å²) in [6, 6.07) is 30.1. The Balaban J connectivity index is 1.45. The molecule has 4 aromatic carbocycles. The molecule has 164 valence electrons. The van der Waals surface area contributed by atoms with Gasteiger partial charge in [0.05, 0.1) is 0 Å². The average molecular weight is 437 g/mol. The normalized spacial score (nSPS) is 11.0. The first-order valence-corrected chi connectivity index (χ1v) is 10.7. The molecular formula is C29H24O4. The van der Waals surface area contributed by atoms with Gasteiger partial charge in [0, 0.05) is 16.5 Å². The van der Waals surface area contributed by atoms with Gasteiger partial charge in [0.25, 0.3) is 0 Å². The van der Waals surface area contributed by atoms with Gasteiger partial charge in [0.15, 0.2) is 0 Å². The second kappa shape index (κ2) is 9.53. The zero-order valence-electron chi connectivity index (χ0n) is 18.5. The van der Waals surface area contributed by atoms with Crippen LogP contribution in [0.4, 0.5) is 0 Å². The molecule has 4 aromatic rings. The third-order valence-corrected chi connectivity index (χ3v) is 5.66. The van der Waals surface area contributed by atoms with Crippen LogP contribution in [0, 0.1) is 0 Å². The topological polar surface area (TPSA) is 52.6 Å². The van der Waals surface area contributed by atoms with E-state index in [0.717, 1.165) is 35.2 Å². The molecule has 0 aliphatic rings. The van der Waals surface area contributed by atoms with Crippen LogP contribution in [0.25, 0.3) is 0 Å². The number of carbonyl (C=O) groups is 2. The highest BCUT2D eigenvalue weighted by molar-refractivity contribution is 5.75. The molecule has 0 fully saturated rings. The first-order chi connectivity index (χ1) is 16.0. The lowest BCUT2D eigenvalue weighted by molar-refractivity contribution is 0.111. The summed E-state index contributed by atoms with van der Waals surface area (Å²) >= 11 is 0. The summed E-state index contributed by atoms with van der Waals surface area (Å²) in [5.41, 5.74) is 3.33. The summed E-state index contributed by atoms with van der Waals surface area (Å²) in [5, 5.41) is 0. The van der Waals surface area contributed by atoms with Gasteiger partial charge in [0.1, 0.15) is 35.6 Å². The number of carbonyl (C=O) groups excluding carboxylic acids is 2. The van der Waals surface area contributed by atoms with Crippen LogP contribution < -0.4 is 9.47 Å². The maximum absolute atomic E-state index is 10.8. The van der Waals surface area contributed by atoms with Crippen molar-refractivity contribution >= 4 is 12.6 Å². The Morgan fingerprint density at radius 3 is 1.03 bits per heavy atom. The van der Waals surface area contributed by atoms with Gasteiger partial charge in [-0.15, -0.1) is 0 Å². The highest BCUT2D eigenvalue weighted by atomic mass is 16.5. The van der Waals surface area contributed by atoms with Crippen LogP contribution in [-0.4, -0.2) is 12.6 Å². The second-order valence-electron chi connectivity index (χ2n) is 8.25. The summed E-state index contributed by atoms with van der Waals surface area (Å²) in [6.45, 7) is 4.35. The third kappa shape index (κ3) is 5.18. The van der Waals surface area contributed by atoms with Gasteiger partial charge < -0.3 is 9.47 Å². The monoisotopic (exact) mass is 436 g/mol. The van der Waals surface area contributed by atoms with E-state index in [2.05, 4.69) is 38.1 Å². The number of aldehydes is 2. The van der Waals surface area contributed by atoms with Crippen molar-refractivity contribution in [2.75, 3.05) is 0 Å². The van der Waals surface area contributed by atoms with Crippen molar-refractivity contribution < 1.29 is 19.1 Å². The van der Waals surface area contributed by atoms with Crippen LogP contribution in [0.1, 0.15) is 45.7 Å². The van der Waals surface area contributed by atoms with E-state index < -0.39 is 0 Å². The number of hydrogen-bond acceptors (Lipinski definition) is 4. The predicted octanol–water partition coefficient (Wildman–Crippen LogP) is 7.22. The Morgan fingerprint density at radius 2 is 0.758 bits per heavy atom. The molecule has 0 amide bonds. The van der Waals surface area contributed by atoms with Crippen molar-refractivity contribution in [1.29, 1.82) is 0 Å². The van der Waals surface area contributed by atoms with Gasteiger partial charge in [-0.2, -0.15) is 0 Å². The Hall–Kier alpha value is -4.18. The first kappa shape index (κ1) is 22.0. The minimum Gasteiger partial charge on any atom is -0.457 e. The van der Waals surface area contributed by atoms with Crippen molar-refractivity contribution in [1.82, 2.24) is 0 Å². The summed E-state index contributed by atoms with van der Waals surface area (Å²) in [7, 11) is 0. The molecule has 0 heterocycles. The highest BCUT2D eigenvalue weighted by Gasteiger charge is 2.23. The lowest BCUT2D eigenvalue weighted by atomic mass is 9.78. The minimum absolute atomic E-state index is 0.214. The summed E-state index contributed by atoms with van der Waals surface area (Å²) in [4.78, 5) is 21.6. The van der Waals surface area contributed by atoms with Gasteiger partial charge >= 0.3 is 0 Å². The number of rotatable bonds is 8. The van der Waals surface area contributed by atoms with E-state index >= 15 is 0 Å². The van der Waals surface area contributed by atoms with Crippen LogP contribution in [0.2, 0.25) is 0 Å². The molecule has 0 radical (unpaired) electrons. The highest BCUT2D eigenvalue weighted by Crippen LogP contribution is 2.34. The van der Waals surface area contributed by atoms with Crippen LogP contribution >= 0.6 is 0 Å². The van der Waals surface area contributed by atoms with E-state index in [4.69, 9.17) is 9.47 Å². The van der Waals surface area contributed by atoms with Crippen LogP contribution in [0.5, 0.6) is 23.0 Å². The Morgan fingerprint density at radius 1 is 0.485 bits per heavy atom. The molecule has 0 atom stereocenters. The first-order valence-electron chi connectivity index (χ1n) is 10.7. The lowest BCUT2D eigenvalue weighted by Gasteiger charge is -2.26. The molecule has 0 aliphatic heterocycles. The van der Waals surface area contributed by atoms with Gasteiger partial charge in [-0.05, 0) is 83.9 Å². The fourth-order valence-corrected chi connectivity index (χ4v) is 3.55. The van der Waals surface area contributed by atoms with E-state index in [1.165, 1.54) is 0 Å². The molecule has 0 aliphatic carbocycles. The van der Waals surface area contributed by atoms with E-state index in [1.807, 2.05) is 24.3 Å². The van der Waals surface area contributed by atoms with Crippen molar-refractivity contribution in [3.8, 4) is 23.0 Å². The molecule has 0 spiro atoms.